The molecule has 1 heterocycles. The van der Waals surface area contributed by atoms with Gasteiger partial charge in [0.2, 0.25) is 0 Å². The topological polar surface area (TPSA) is 41.5 Å². The third-order valence-electron chi connectivity index (χ3n) is 4.71. The van der Waals surface area contributed by atoms with Crippen LogP contribution in [0.25, 0.3) is 0 Å². The highest BCUT2D eigenvalue weighted by Crippen LogP contribution is 2.43. The van der Waals surface area contributed by atoms with E-state index in [1.807, 2.05) is 0 Å². The molecule has 2 saturated carbocycles. The van der Waals surface area contributed by atoms with Gasteiger partial charge in [0, 0.05) is 12.1 Å². The number of aliphatic hydroxyl groups is 1. The van der Waals surface area contributed by atoms with E-state index < -0.39 is 0 Å². The van der Waals surface area contributed by atoms with Crippen molar-refractivity contribution < 1.29 is 9.84 Å². The lowest BCUT2D eigenvalue weighted by Crippen LogP contribution is -2.40. The molecule has 0 bridgehead atoms. The lowest BCUT2D eigenvalue weighted by atomic mass is 9.98. The van der Waals surface area contributed by atoms with Crippen LogP contribution < -0.4 is 5.32 Å². The lowest BCUT2D eigenvalue weighted by molar-refractivity contribution is -0.0367. The van der Waals surface area contributed by atoms with Crippen molar-refractivity contribution >= 4 is 0 Å². The second-order valence-electron chi connectivity index (χ2n) is 5.99. The summed E-state index contributed by atoms with van der Waals surface area (Å²) in [5.74, 6) is 0. The van der Waals surface area contributed by atoms with Gasteiger partial charge in [0.25, 0.3) is 0 Å². The molecule has 0 aromatic heterocycles. The van der Waals surface area contributed by atoms with Crippen molar-refractivity contribution in [2.24, 2.45) is 0 Å². The first-order chi connectivity index (χ1) is 7.76. The first-order valence-electron chi connectivity index (χ1n) is 6.80. The summed E-state index contributed by atoms with van der Waals surface area (Å²) in [6, 6.07) is 0. The van der Waals surface area contributed by atoms with Crippen molar-refractivity contribution in [3.05, 3.63) is 0 Å². The van der Waals surface area contributed by atoms with E-state index in [2.05, 4.69) is 5.32 Å². The van der Waals surface area contributed by atoms with Gasteiger partial charge in [-0.25, -0.2) is 0 Å². The van der Waals surface area contributed by atoms with Gasteiger partial charge in [0.15, 0.2) is 0 Å². The average Bonchev–Trinajstić information content (AvgIpc) is 2.78. The van der Waals surface area contributed by atoms with E-state index in [0.717, 1.165) is 19.4 Å². The Kier molecular flexibility index (Phi) is 2.73. The molecule has 1 spiro atoms. The first-order valence-corrected chi connectivity index (χ1v) is 6.80. The maximum absolute atomic E-state index is 9.23. The molecule has 92 valence electrons. The van der Waals surface area contributed by atoms with E-state index in [1.165, 1.54) is 38.5 Å². The van der Waals surface area contributed by atoms with Gasteiger partial charge in [-0.3, -0.25) is 0 Å². The normalized spacial score (nSPS) is 34.7. The van der Waals surface area contributed by atoms with Crippen molar-refractivity contribution in [3.8, 4) is 0 Å². The Morgan fingerprint density at radius 3 is 2.50 bits per heavy atom. The molecule has 1 atom stereocenters. The van der Waals surface area contributed by atoms with Gasteiger partial charge in [-0.1, -0.05) is 12.8 Å². The van der Waals surface area contributed by atoms with Crippen molar-refractivity contribution in [1.29, 1.82) is 0 Å². The monoisotopic (exact) mass is 225 g/mol. The van der Waals surface area contributed by atoms with Crippen molar-refractivity contribution in [2.45, 2.75) is 68.6 Å². The molecule has 3 rings (SSSR count). The highest BCUT2D eigenvalue weighted by atomic mass is 16.5. The zero-order valence-electron chi connectivity index (χ0n) is 10.0. The highest BCUT2D eigenvalue weighted by Gasteiger charge is 2.45. The van der Waals surface area contributed by atoms with Gasteiger partial charge in [-0.2, -0.15) is 0 Å². The lowest BCUT2D eigenvalue weighted by Gasteiger charge is -2.25. The Hall–Kier alpha value is -0.120. The summed E-state index contributed by atoms with van der Waals surface area (Å²) in [6.45, 7) is 1.22. The molecule has 1 unspecified atom stereocenters. The third-order valence-corrected chi connectivity index (χ3v) is 4.71. The quantitative estimate of drug-likeness (QED) is 0.763. The summed E-state index contributed by atoms with van der Waals surface area (Å²) < 4.78 is 6.23. The molecule has 16 heavy (non-hydrogen) atoms. The molecule has 1 saturated heterocycles. The predicted octanol–water partition coefficient (Wildman–Crippen LogP) is 1.59. The van der Waals surface area contributed by atoms with Crippen LogP contribution >= 0.6 is 0 Å². The van der Waals surface area contributed by atoms with E-state index in [0.29, 0.717) is 6.10 Å². The molecular formula is C13H23NO2. The molecule has 3 nitrogen and oxygen atoms in total. The summed E-state index contributed by atoms with van der Waals surface area (Å²) in [4.78, 5) is 0. The minimum Gasteiger partial charge on any atom is -0.394 e. The minimum absolute atomic E-state index is 0.0643. The maximum Gasteiger partial charge on any atom is 0.0708 e. The van der Waals surface area contributed by atoms with E-state index in [9.17, 15) is 5.11 Å². The van der Waals surface area contributed by atoms with Crippen LogP contribution in [0.4, 0.5) is 0 Å². The van der Waals surface area contributed by atoms with Crippen LogP contribution in [0.1, 0.15) is 51.4 Å². The van der Waals surface area contributed by atoms with Gasteiger partial charge >= 0.3 is 0 Å². The molecule has 0 aromatic carbocycles. The molecule has 0 radical (unpaired) electrons. The molecule has 0 aromatic rings. The van der Waals surface area contributed by atoms with Gasteiger partial charge in [0.05, 0.1) is 18.3 Å². The second kappa shape index (κ2) is 3.97. The van der Waals surface area contributed by atoms with Crippen LogP contribution in [0.2, 0.25) is 0 Å². The van der Waals surface area contributed by atoms with Gasteiger partial charge in [0.1, 0.15) is 0 Å². The van der Waals surface area contributed by atoms with Crippen LogP contribution in [-0.4, -0.2) is 35.5 Å². The van der Waals surface area contributed by atoms with Crippen LogP contribution in [0.3, 0.4) is 0 Å². The fourth-order valence-electron chi connectivity index (χ4n) is 3.30. The molecule has 0 amide bonds. The molecule has 3 heteroatoms. The fraction of sp³-hybridized carbons (Fsp3) is 1.00. The number of ether oxygens (including phenoxy) is 1. The number of aliphatic hydroxyl groups excluding tert-OH is 1. The van der Waals surface area contributed by atoms with Crippen molar-refractivity contribution in [2.75, 3.05) is 13.2 Å². The first kappa shape index (κ1) is 11.0. The Bertz CT molecular complexity index is 257. The minimum atomic E-state index is 0.0643. The SMILES string of the molecule is OCC1(NCC2CCC3(CCCC3)O2)CC1. The predicted molar refractivity (Wildman–Crippen MR) is 62.4 cm³/mol. The summed E-state index contributed by atoms with van der Waals surface area (Å²) in [7, 11) is 0. The van der Waals surface area contributed by atoms with E-state index >= 15 is 0 Å². The molecule has 3 fully saturated rings. The van der Waals surface area contributed by atoms with Crippen LogP contribution in [0, 0.1) is 0 Å². The molecular weight excluding hydrogens is 202 g/mol. The maximum atomic E-state index is 9.23. The Balaban J connectivity index is 1.47. The second-order valence-corrected chi connectivity index (χ2v) is 5.99. The Morgan fingerprint density at radius 2 is 1.88 bits per heavy atom. The van der Waals surface area contributed by atoms with Crippen LogP contribution in [-0.2, 0) is 4.74 Å². The summed E-state index contributed by atoms with van der Waals surface area (Å²) >= 11 is 0. The summed E-state index contributed by atoms with van der Waals surface area (Å²) in [5.41, 5.74) is 0.317. The summed E-state index contributed by atoms with van der Waals surface area (Å²) in [5, 5.41) is 12.7. The van der Waals surface area contributed by atoms with Gasteiger partial charge in [-0.15, -0.1) is 0 Å². The molecule has 2 aliphatic carbocycles. The highest BCUT2D eigenvalue weighted by molar-refractivity contribution is 5.02. The summed E-state index contributed by atoms with van der Waals surface area (Å²) in [6.07, 6.45) is 10.3. The van der Waals surface area contributed by atoms with Crippen molar-refractivity contribution in [3.63, 3.8) is 0 Å². The number of hydrogen-bond acceptors (Lipinski definition) is 3. The number of rotatable bonds is 4. The molecule has 3 aliphatic rings. The zero-order valence-corrected chi connectivity index (χ0v) is 10.0. The van der Waals surface area contributed by atoms with E-state index in [1.54, 1.807) is 0 Å². The van der Waals surface area contributed by atoms with Crippen LogP contribution in [0.5, 0.6) is 0 Å². The zero-order chi connectivity index (χ0) is 11.1. The van der Waals surface area contributed by atoms with Crippen molar-refractivity contribution in [1.82, 2.24) is 5.32 Å². The smallest absolute Gasteiger partial charge is 0.0708 e. The largest absolute Gasteiger partial charge is 0.394 e. The number of nitrogens with one attached hydrogen (secondary N) is 1. The molecule has 2 N–H and O–H groups in total. The Morgan fingerprint density at radius 1 is 1.12 bits per heavy atom. The van der Waals surface area contributed by atoms with Gasteiger partial charge in [-0.05, 0) is 38.5 Å². The molecule has 1 aliphatic heterocycles. The fourth-order valence-corrected chi connectivity index (χ4v) is 3.30. The number of hydrogen-bond donors (Lipinski definition) is 2. The Labute approximate surface area is 97.6 Å². The average molecular weight is 225 g/mol. The standard InChI is InChI=1S/C13H23NO2/c15-10-12(7-8-12)14-9-11-3-6-13(16-11)4-1-2-5-13/h11,14-15H,1-10H2. The third kappa shape index (κ3) is 2.01. The van der Waals surface area contributed by atoms with E-state index in [4.69, 9.17) is 4.74 Å². The van der Waals surface area contributed by atoms with Crippen LogP contribution in [0.15, 0.2) is 0 Å². The van der Waals surface area contributed by atoms with E-state index in [-0.39, 0.29) is 17.7 Å². The van der Waals surface area contributed by atoms with Gasteiger partial charge < -0.3 is 15.2 Å².